The average molecular weight is 400 g/mol. The van der Waals surface area contributed by atoms with Crippen molar-refractivity contribution >= 4 is 29.1 Å². The van der Waals surface area contributed by atoms with Gasteiger partial charge in [0.15, 0.2) is 0 Å². The lowest BCUT2D eigenvalue weighted by Crippen LogP contribution is -2.51. The molecule has 1 fully saturated rings. The Labute approximate surface area is 173 Å². The smallest absolute Gasteiger partial charge is 0.239 e. The maximum absolute atomic E-state index is 13.8. The van der Waals surface area contributed by atoms with E-state index < -0.39 is 17.3 Å². The fourth-order valence-corrected chi connectivity index (χ4v) is 6.24. The highest BCUT2D eigenvalue weighted by molar-refractivity contribution is 6.36. The van der Waals surface area contributed by atoms with Gasteiger partial charge in [-0.3, -0.25) is 9.59 Å². The average Bonchev–Trinajstić information content (AvgIpc) is 3.01. The maximum atomic E-state index is 13.8. The number of nitrogens with zero attached hydrogens (tertiary/aromatic N) is 1. The van der Waals surface area contributed by atoms with E-state index >= 15 is 0 Å². The van der Waals surface area contributed by atoms with Gasteiger partial charge in [0.1, 0.15) is 0 Å². The maximum Gasteiger partial charge on any atom is 0.239 e. The minimum Gasteiger partial charge on any atom is -0.274 e. The molecule has 0 unspecified atom stereocenters. The number of rotatable bonds is 1. The Morgan fingerprint density at radius 1 is 0.793 bits per heavy atom. The molecule has 3 aromatic rings. The minimum absolute atomic E-state index is 0.113. The van der Waals surface area contributed by atoms with E-state index in [0.29, 0.717) is 10.7 Å². The van der Waals surface area contributed by atoms with Gasteiger partial charge in [-0.2, -0.15) is 0 Å². The van der Waals surface area contributed by atoms with Crippen molar-refractivity contribution in [2.45, 2.75) is 18.3 Å². The first kappa shape index (κ1) is 17.0. The fourth-order valence-electron chi connectivity index (χ4n) is 6.02. The van der Waals surface area contributed by atoms with E-state index in [9.17, 15) is 9.59 Å². The summed E-state index contributed by atoms with van der Waals surface area (Å²) in [6, 6.07) is 23.6. The first-order valence-electron chi connectivity index (χ1n) is 9.86. The van der Waals surface area contributed by atoms with Crippen LogP contribution in [0.5, 0.6) is 0 Å². The molecular weight excluding hydrogens is 382 g/mol. The summed E-state index contributed by atoms with van der Waals surface area (Å²) in [6.07, 6.45) is 0. The number of halogens is 1. The Balaban J connectivity index is 1.64. The molecule has 4 heteroatoms. The molecule has 2 amide bonds. The summed E-state index contributed by atoms with van der Waals surface area (Å²) in [4.78, 5) is 28.8. The number of para-hydroxylation sites is 1. The summed E-state index contributed by atoms with van der Waals surface area (Å²) in [5, 5.41) is 0.417. The first-order valence-corrected chi connectivity index (χ1v) is 10.2. The van der Waals surface area contributed by atoms with Gasteiger partial charge in [-0.25, -0.2) is 4.90 Å². The Morgan fingerprint density at radius 2 is 1.34 bits per heavy atom. The Bertz CT molecular complexity index is 1170. The van der Waals surface area contributed by atoms with Crippen molar-refractivity contribution in [1.82, 2.24) is 0 Å². The number of hydrogen-bond donors (Lipinski definition) is 0. The van der Waals surface area contributed by atoms with Crippen LogP contribution in [0.25, 0.3) is 0 Å². The van der Waals surface area contributed by atoms with Gasteiger partial charge in [0.2, 0.25) is 11.8 Å². The second-order valence-electron chi connectivity index (χ2n) is 8.32. The molecule has 2 bridgehead atoms. The predicted octanol–water partition coefficient (Wildman–Crippen LogP) is 4.91. The Morgan fingerprint density at radius 3 is 1.97 bits per heavy atom. The lowest BCUT2D eigenvalue weighted by molar-refractivity contribution is -0.123. The minimum atomic E-state index is -0.546. The molecule has 142 valence electrons. The van der Waals surface area contributed by atoms with Crippen LogP contribution in [0.4, 0.5) is 5.69 Å². The third-order valence-corrected chi connectivity index (χ3v) is 7.46. The largest absolute Gasteiger partial charge is 0.274 e. The van der Waals surface area contributed by atoms with Crippen molar-refractivity contribution in [3.8, 4) is 0 Å². The van der Waals surface area contributed by atoms with E-state index in [1.54, 1.807) is 18.2 Å². The van der Waals surface area contributed by atoms with Crippen molar-refractivity contribution in [2.24, 2.45) is 11.8 Å². The van der Waals surface area contributed by atoms with Crippen LogP contribution in [-0.2, 0) is 15.0 Å². The third-order valence-electron chi connectivity index (χ3n) is 7.14. The zero-order valence-corrected chi connectivity index (χ0v) is 16.6. The molecule has 2 atom stereocenters. The van der Waals surface area contributed by atoms with Gasteiger partial charge >= 0.3 is 0 Å². The lowest BCUT2D eigenvalue weighted by atomic mass is 9.48. The van der Waals surface area contributed by atoms with Gasteiger partial charge in [-0.15, -0.1) is 0 Å². The van der Waals surface area contributed by atoms with Crippen molar-refractivity contribution < 1.29 is 9.59 Å². The quantitative estimate of drug-likeness (QED) is 0.545. The third kappa shape index (κ3) is 1.89. The summed E-state index contributed by atoms with van der Waals surface area (Å²) < 4.78 is 0. The monoisotopic (exact) mass is 399 g/mol. The fraction of sp³-hybridized carbons (Fsp3) is 0.200. The molecule has 3 aliphatic carbocycles. The summed E-state index contributed by atoms with van der Waals surface area (Å²) in [5.74, 6) is -1.24. The van der Waals surface area contributed by atoms with Crippen LogP contribution in [0.15, 0.2) is 72.8 Å². The number of carbonyl (C=O) groups excluding carboxylic acids is 2. The summed E-state index contributed by atoms with van der Waals surface area (Å²) in [6.45, 7) is 2.12. The van der Waals surface area contributed by atoms with Gasteiger partial charge < -0.3 is 0 Å². The zero-order chi connectivity index (χ0) is 19.9. The van der Waals surface area contributed by atoms with Crippen LogP contribution in [0.1, 0.15) is 35.1 Å². The van der Waals surface area contributed by atoms with E-state index in [0.717, 1.165) is 22.3 Å². The van der Waals surface area contributed by atoms with Crippen LogP contribution in [0.2, 0.25) is 5.02 Å². The number of hydrogen-bond acceptors (Lipinski definition) is 2. The van der Waals surface area contributed by atoms with Crippen molar-refractivity contribution in [2.75, 3.05) is 4.90 Å². The molecular formula is C25H18ClNO2. The molecule has 0 N–H and O–H groups in total. The number of amides is 2. The molecule has 4 aliphatic rings. The summed E-state index contributed by atoms with van der Waals surface area (Å²) >= 11 is 6.39. The molecule has 3 aromatic carbocycles. The van der Waals surface area contributed by atoms with Crippen LogP contribution >= 0.6 is 11.6 Å². The molecule has 3 nitrogen and oxygen atoms in total. The summed E-state index contributed by atoms with van der Waals surface area (Å²) in [5.41, 5.74) is 4.58. The Hall–Kier alpha value is -2.91. The highest BCUT2D eigenvalue weighted by atomic mass is 35.5. The second-order valence-corrected chi connectivity index (χ2v) is 8.73. The van der Waals surface area contributed by atoms with Crippen LogP contribution < -0.4 is 4.90 Å². The zero-order valence-electron chi connectivity index (χ0n) is 15.8. The molecule has 1 heterocycles. The van der Waals surface area contributed by atoms with Gasteiger partial charge in [-0.05, 0) is 34.4 Å². The van der Waals surface area contributed by atoms with Crippen molar-refractivity contribution in [3.05, 3.63) is 100 Å². The van der Waals surface area contributed by atoms with Crippen molar-refractivity contribution in [3.63, 3.8) is 0 Å². The highest BCUT2D eigenvalue weighted by Crippen LogP contribution is 2.64. The van der Waals surface area contributed by atoms with Gasteiger partial charge in [0, 0.05) is 11.3 Å². The lowest BCUT2D eigenvalue weighted by Gasteiger charge is -2.52. The normalized spacial score (nSPS) is 28.9. The van der Waals surface area contributed by atoms with Gasteiger partial charge in [0.05, 0.1) is 22.5 Å². The number of carbonyl (C=O) groups is 2. The standard InChI is InChI=1S/C25H18ClNO2/c1-25-16-10-4-2-8-14(16)20(15-9-3-5-11-17(15)25)21-22(25)24(29)27(23(21)28)19-13-7-6-12-18(19)26/h2-13,20-22H,1H3/t20?,21-,22-,25?/m1/s1. The predicted molar refractivity (Wildman–Crippen MR) is 112 cm³/mol. The summed E-state index contributed by atoms with van der Waals surface area (Å²) in [7, 11) is 0. The molecule has 0 spiro atoms. The topological polar surface area (TPSA) is 37.4 Å². The van der Waals surface area contributed by atoms with E-state index in [4.69, 9.17) is 11.6 Å². The van der Waals surface area contributed by atoms with Crippen LogP contribution in [-0.4, -0.2) is 11.8 Å². The molecule has 0 radical (unpaired) electrons. The molecule has 29 heavy (non-hydrogen) atoms. The van der Waals surface area contributed by atoms with Crippen LogP contribution in [0.3, 0.4) is 0 Å². The van der Waals surface area contributed by atoms with E-state index in [1.807, 2.05) is 30.3 Å². The molecule has 1 aliphatic heterocycles. The van der Waals surface area contributed by atoms with Gasteiger partial charge in [0.25, 0.3) is 0 Å². The van der Waals surface area contributed by atoms with E-state index in [-0.39, 0.29) is 17.7 Å². The highest BCUT2D eigenvalue weighted by Gasteiger charge is 2.66. The first-order chi connectivity index (χ1) is 14.0. The van der Waals surface area contributed by atoms with E-state index in [1.165, 1.54) is 4.90 Å². The van der Waals surface area contributed by atoms with Crippen molar-refractivity contribution in [1.29, 1.82) is 0 Å². The van der Waals surface area contributed by atoms with Gasteiger partial charge in [-0.1, -0.05) is 79.2 Å². The molecule has 0 saturated carbocycles. The number of benzene rings is 3. The van der Waals surface area contributed by atoms with Crippen LogP contribution in [0, 0.1) is 11.8 Å². The number of anilines is 1. The second kappa shape index (κ2) is 5.58. The molecule has 1 saturated heterocycles. The number of imide groups is 1. The molecule has 0 aromatic heterocycles. The SMILES string of the molecule is CC12c3ccccc3C(c3ccccc31)[C@H]1C(=O)N(c3ccccc3Cl)C(=O)[C@@H]12. The molecule has 7 rings (SSSR count). The Kier molecular flexibility index (Phi) is 3.27. The van der Waals surface area contributed by atoms with E-state index in [2.05, 4.69) is 31.2 Å².